The van der Waals surface area contributed by atoms with E-state index in [-0.39, 0.29) is 24.3 Å². The Kier molecular flexibility index (Phi) is 9.78. The third-order valence-electron chi connectivity index (χ3n) is 7.81. The number of halogens is 3. The lowest BCUT2D eigenvalue weighted by atomic mass is 9.87. The van der Waals surface area contributed by atoms with Crippen molar-refractivity contribution < 1.29 is 32.6 Å². The Labute approximate surface area is 232 Å². The van der Waals surface area contributed by atoms with E-state index >= 15 is 0 Å². The lowest BCUT2D eigenvalue weighted by Gasteiger charge is -2.45. The summed E-state index contributed by atoms with van der Waals surface area (Å²) in [5, 5.41) is 10.0. The Morgan fingerprint density at radius 1 is 1.12 bits per heavy atom. The Bertz CT molecular complexity index is 1150. The molecule has 0 aliphatic carbocycles. The van der Waals surface area contributed by atoms with Gasteiger partial charge in [-0.15, -0.1) is 0 Å². The molecule has 0 saturated carbocycles. The van der Waals surface area contributed by atoms with Gasteiger partial charge in [-0.25, -0.2) is 0 Å². The van der Waals surface area contributed by atoms with Gasteiger partial charge in [0.25, 0.3) is 6.47 Å². The largest absolute Gasteiger partial charge is 0.489 e. The number of nitrogens with one attached hydrogen (secondary N) is 1. The summed E-state index contributed by atoms with van der Waals surface area (Å²) in [6.45, 7) is 7.73. The monoisotopic (exact) mass is 562 g/mol. The van der Waals surface area contributed by atoms with E-state index in [0.29, 0.717) is 31.9 Å². The molecule has 0 spiro atoms. The van der Waals surface area contributed by atoms with E-state index in [4.69, 9.17) is 14.6 Å². The van der Waals surface area contributed by atoms with Gasteiger partial charge in [-0.05, 0) is 68.6 Å². The molecule has 11 heteroatoms. The standard InChI is InChI=1S/C28H35F3N4O2.CH2O2/c1-20-8-9-26-24(17-20)35-12-3-7-23(25(35)19-37-26)27(36)32-10-4-11-33-13-15-34(16-14-33)22-6-2-5-21(18-22)28(29,30)31;2-1-3/h2,5-6,8-9,17-18,23,25H,3-4,7,10-16,19H2,1H3,(H,32,36);1H,(H,2,3). The number of carbonyl (C=O) groups is 2. The zero-order valence-electron chi connectivity index (χ0n) is 22.7. The normalized spacial score (nSPS) is 20.8. The van der Waals surface area contributed by atoms with E-state index in [1.807, 2.05) is 11.0 Å². The van der Waals surface area contributed by atoms with Crippen LogP contribution >= 0.6 is 0 Å². The van der Waals surface area contributed by atoms with E-state index in [0.717, 1.165) is 62.9 Å². The number of aryl methyl sites for hydroxylation is 1. The number of amides is 1. The van der Waals surface area contributed by atoms with Gasteiger partial charge in [0.05, 0.1) is 23.2 Å². The number of benzene rings is 2. The molecular weight excluding hydrogens is 525 g/mol. The fraction of sp³-hybridized carbons (Fsp3) is 0.517. The number of piperidine rings is 1. The number of piperazine rings is 1. The number of nitrogens with zero attached hydrogens (tertiary/aromatic N) is 3. The van der Waals surface area contributed by atoms with Gasteiger partial charge in [-0.1, -0.05) is 12.1 Å². The summed E-state index contributed by atoms with van der Waals surface area (Å²) in [5.74, 6) is 0.915. The van der Waals surface area contributed by atoms with Crippen molar-refractivity contribution in [1.82, 2.24) is 10.2 Å². The second-order valence-electron chi connectivity index (χ2n) is 10.4. The summed E-state index contributed by atoms with van der Waals surface area (Å²) in [5.41, 5.74) is 2.29. The van der Waals surface area contributed by atoms with Gasteiger partial charge in [0.15, 0.2) is 0 Å². The fourth-order valence-corrected chi connectivity index (χ4v) is 5.77. The number of rotatable bonds is 6. The smallest absolute Gasteiger partial charge is 0.416 e. The number of alkyl halides is 3. The molecule has 2 aromatic carbocycles. The molecule has 3 aliphatic heterocycles. The molecule has 0 radical (unpaired) electrons. The van der Waals surface area contributed by atoms with E-state index in [2.05, 4.69) is 34.2 Å². The molecule has 1 amide bonds. The Morgan fingerprint density at radius 3 is 2.60 bits per heavy atom. The fourth-order valence-electron chi connectivity index (χ4n) is 5.77. The van der Waals surface area contributed by atoms with Crippen molar-refractivity contribution in [1.29, 1.82) is 0 Å². The van der Waals surface area contributed by atoms with Crippen LogP contribution < -0.4 is 19.9 Å². The molecule has 40 heavy (non-hydrogen) atoms. The minimum absolute atomic E-state index is 0.0620. The Morgan fingerprint density at radius 2 is 1.88 bits per heavy atom. The molecule has 3 aliphatic rings. The van der Waals surface area contributed by atoms with Crippen molar-refractivity contribution in [3.63, 3.8) is 0 Å². The van der Waals surface area contributed by atoms with Crippen molar-refractivity contribution in [2.75, 3.05) is 62.2 Å². The van der Waals surface area contributed by atoms with Gasteiger partial charge in [0.1, 0.15) is 12.4 Å². The van der Waals surface area contributed by atoms with Gasteiger partial charge >= 0.3 is 6.18 Å². The van der Waals surface area contributed by atoms with E-state index in [1.165, 1.54) is 17.7 Å². The molecule has 2 N–H and O–H groups in total. The first-order valence-corrected chi connectivity index (χ1v) is 13.7. The highest BCUT2D eigenvalue weighted by molar-refractivity contribution is 5.81. The predicted octanol–water partition coefficient (Wildman–Crippen LogP) is 4.02. The molecule has 218 valence electrons. The van der Waals surface area contributed by atoms with Crippen LogP contribution in [0.25, 0.3) is 0 Å². The van der Waals surface area contributed by atoms with E-state index in [9.17, 15) is 18.0 Å². The molecule has 0 bridgehead atoms. The maximum Gasteiger partial charge on any atom is 0.416 e. The highest BCUT2D eigenvalue weighted by Gasteiger charge is 2.40. The number of carboxylic acid groups (broad SMARTS) is 1. The highest BCUT2D eigenvalue weighted by Crippen LogP contribution is 2.39. The van der Waals surface area contributed by atoms with Crippen molar-refractivity contribution in [3.05, 3.63) is 53.6 Å². The summed E-state index contributed by atoms with van der Waals surface area (Å²) < 4.78 is 45.1. The molecule has 2 aromatic rings. The average Bonchev–Trinajstić information content (AvgIpc) is 2.95. The van der Waals surface area contributed by atoms with Crippen molar-refractivity contribution >= 4 is 23.8 Å². The summed E-state index contributed by atoms with van der Waals surface area (Å²) in [7, 11) is 0. The zero-order chi connectivity index (χ0) is 28.7. The molecule has 2 fully saturated rings. The second-order valence-corrected chi connectivity index (χ2v) is 10.4. The van der Waals surface area contributed by atoms with Gasteiger partial charge in [-0.2, -0.15) is 13.2 Å². The van der Waals surface area contributed by atoms with Crippen molar-refractivity contribution in [2.24, 2.45) is 5.92 Å². The predicted molar refractivity (Wildman–Crippen MR) is 147 cm³/mol. The van der Waals surface area contributed by atoms with E-state index in [1.54, 1.807) is 6.07 Å². The average molecular weight is 563 g/mol. The van der Waals surface area contributed by atoms with Crippen LogP contribution in [0.15, 0.2) is 42.5 Å². The van der Waals surface area contributed by atoms with Crippen molar-refractivity contribution in [3.8, 4) is 5.75 Å². The summed E-state index contributed by atoms with van der Waals surface area (Å²) >= 11 is 0. The molecule has 2 atom stereocenters. The van der Waals surface area contributed by atoms with Crippen LogP contribution in [0.4, 0.5) is 24.5 Å². The molecular formula is C29H37F3N4O4. The van der Waals surface area contributed by atoms with Crippen LogP contribution in [0, 0.1) is 12.8 Å². The maximum atomic E-state index is 13.1. The summed E-state index contributed by atoms with van der Waals surface area (Å²) in [6, 6.07) is 11.8. The van der Waals surface area contributed by atoms with Crippen LogP contribution in [0.5, 0.6) is 5.75 Å². The van der Waals surface area contributed by atoms with Gasteiger partial charge in [0, 0.05) is 45.0 Å². The van der Waals surface area contributed by atoms with Crippen LogP contribution in [0.3, 0.4) is 0 Å². The molecule has 8 nitrogen and oxygen atoms in total. The Balaban J connectivity index is 0.00000118. The minimum atomic E-state index is -4.33. The van der Waals surface area contributed by atoms with Gasteiger partial charge in [-0.3, -0.25) is 14.5 Å². The zero-order valence-corrected chi connectivity index (χ0v) is 22.7. The molecule has 5 rings (SSSR count). The number of ether oxygens (including phenoxy) is 1. The SMILES string of the molecule is Cc1ccc2c(c1)N1CCCC(C(=O)NCCCN3CCN(c4cccc(C(F)(F)F)c4)CC3)C1CO2.O=CO. The third-order valence-corrected chi connectivity index (χ3v) is 7.81. The topological polar surface area (TPSA) is 85.4 Å². The van der Waals surface area contributed by atoms with Crippen LogP contribution in [0.1, 0.15) is 30.4 Å². The number of fused-ring (bicyclic) bond motifs is 3. The van der Waals surface area contributed by atoms with Crippen LogP contribution in [-0.4, -0.2) is 80.8 Å². The summed E-state index contributed by atoms with van der Waals surface area (Å²) in [6.07, 6.45) is -1.63. The van der Waals surface area contributed by atoms with E-state index < -0.39 is 11.7 Å². The maximum absolute atomic E-state index is 13.1. The first kappa shape index (κ1) is 29.5. The Hall–Kier alpha value is -3.47. The molecule has 2 saturated heterocycles. The molecule has 2 unspecified atom stereocenters. The number of carbonyl (C=O) groups excluding carboxylic acids is 1. The number of hydrogen-bond acceptors (Lipinski definition) is 6. The quantitative estimate of drug-likeness (QED) is 0.407. The lowest BCUT2D eigenvalue weighted by Crippen LogP contribution is -2.55. The summed E-state index contributed by atoms with van der Waals surface area (Å²) in [4.78, 5) is 28.1. The first-order valence-electron chi connectivity index (χ1n) is 13.7. The second kappa shape index (κ2) is 13.3. The lowest BCUT2D eigenvalue weighted by molar-refractivity contribution is -0.137. The number of anilines is 2. The first-order chi connectivity index (χ1) is 19.2. The van der Waals surface area contributed by atoms with Gasteiger partial charge in [0.2, 0.25) is 5.91 Å². The molecule has 3 heterocycles. The van der Waals surface area contributed by atoms with Gasteiger partial charge < -0.3 is 25.0 Å². The van der Waals surface area contributed by atoms with Crippen molar-refractivity contribution in [2.45, 2.75) is 38.4 Å². The minimum Gasteiger partial charge on any atom is -0.489 e. The van der Waals surface area contributed by atoms with Crippen LogP contribution in [0.2, 0.25) is 0 Å². The highest BCUT2D eigenvalue weighted by atomic mass is 19.4. The molecule has 0 aromatic heterocycles. The third kappa shape index (κ3) is 7.18. The number of hydrogen-bond donors (Lipinski definition) is 2. The van der Waals surface area contributed by atoms with Crippen LogP contribution in [-0.2, 0) is 15.8 Å².